The van der Waals surface area contributed by atoms with Crippen molar-refractivity contribution in [1.29, 1.82) is 5.26 Å². The molecule has 1 aliphatic rings. The number of benzene rings is 1. The van der Waals surface area contributed by atoms with E-state index in [1.54, 1.807) is 32.7 Å². The Morgan fingerprint density at radius 1 is 1.14 bits per heavy atom. The monoisotopic (exact) mass is 383 g/mol. The second kappa shape index (κ2) is 6.87. The van der Waals surface area contributed by atoms with Gasteiger partial charge in [0.05, 0.1) is 47.3 Å². The molecular weight excluding hydrogens is 366 g/mol. The van der Waals surface area contributed by atoms with Gasteiger partial charge in [0.25, 0.3) is 5.91 Å². The minimum absolute atomic E-state index is 0.0727. The smallest absolute Gasteiger partial charge is 0.257 e. The number of carbonyl (C=O) groups excluding carboxylic acids is 1. The highest BCUT2D eigenvalue weighted by Gasteiger charge is 2.28. The standard InChI is InChI=1S/C21H17N7O/c22-12-15-5-8-26(14-15)21(29)19-13-24-28-9-6-17(11-20(19)28)16-1-3-18(4-2-16)27-10-7-23-25-27/h1-4,6-7,9-11,13,15H,5,8,14H2. The van der Waals surface area contributed by atoms with Crippen molar-refractivity contribution in [2.24, 2.45) is 5.92 Å². The van der Waals surface area contributed by atoms with Crippen LogP contribution in [0.2, 0.25) is 0 Å². The van der Waals surface area contributed by atoms with Crippen molar-refractivity contribution in [2.75, 3.05) is 13.1 Å². The van der Waals surface area contributed by atoms with Crippen LogP contribution < -0.4 is 0 Å². The molecule has 0 radical (unpaired) electrons. The van der Waals surface area contributed by atoms with E-state index in [9.17, 15) is 4.79 Å². The Morgan fingerprint density at radius 2 is 2.00 bits per heavy atom. The van der Waals surface area contributed by atoms with Crippen molar-refractivity contribution < 1.29 is 4.79 Å². The molecule has 1 saturated heterocycles. The Labute approximate surface area is 166 Å². The molecule has 29 heavy (non-hydrogen) atoms. The van der Waals surface area contributed by atoms with Gasteiger partial charge in [0.2, 0.25) is 0 Å². The number of rotatable bonds is 3. The van der Waals surface area contributed by atoms with Crippen molar-refractivity contribution in [3.8, 4) is 22.9 Å². The Morgan fingerprint density at radius 3 is 2.72 bits per heavy atom. The van der Waals surface area contributed by atoms with Crippen molar-refractivity contribution in [1.82, 2.24) is 29.5 Å². The number of carbonyl (C=O) groups is 1. The molecule has 8 heteroatoms. The summed E-state index contributed by atoms with van der Waals surface area (Å²) in [5.41, 5.74) is 4.27. The first-order valence-corrected chi connectivity index (χ1v) is 9.36. The highest BCUT2D eigenvalue weighted by Crippen LogP contribution is 2.25. The van der Waals surface area contributed by atoms with Crippen molar-refractivity contribution in [3.05, 3.63) is 66.7 Å². The fourth-order valence-electron chi connectivity index (χ4n) is 3.70. The maximum Gasteiger partial charge on any atom is 0.257 e. The van der Waals surface area contributed by atoms with Gasteiger partial charge in [-0.15, -0.1) is 5.10 Å². The SMILES string of the molecule is N#CC1CCN(C(=O)c2cnn3ccc(-c4ccc(-n5ccnn5)cc4)cc23)C1. The molecule has 0 spiro atoms. The van der Waals surface area contributed by atoms with Crippen LogP contribution in [0.4, 0.5) is 0 Å². The van der Waals surface area contributed by atoms with E-state index >= 15 is 0 Å². The lowest BCUT2D eigenvalue weighted by Crippen LogP contribution is -2.28. The minimum Gasteiger partial charge on any atom is -0.337 e. The van der Waals surface area contributed by atoms with Crippen molar-refractivity contribution in [3.63, 3.8) is 0 Å². The van der Waals surface area contributed by atoms with E-state index in [4.69, 9.17) is 5.26 Å². The van der Waals surface area contributed by atoms with Gasteiger partial charge in [-0.2, -0.15) is 10.4 Å². The van der Waals surface area contributed by atoms with E-state index in [1.165, 1.54) is 0 Å². The summed E-state index contributed by atoms with van der Waals surface area (Å²) >= 11 is 0. The third-order valence-electron chi connectivity index (χ3n) is 5.30. The first kappa shape index (κ1) is 17.1. The van der Waals surface area contributed by atoms with Crippen LogP contribution in [-0.2, 0) is 0 Å². The fraction of sp³-hybridized carbons (Fsp3) is 0.190. The van der Waals surface area contributed by atoms with E-state index < -0.39 is 0 Å². The van der Waals surface area contributed by atoms with Gasteiger partial charge in [0.1, 0.15) is 0 Å². The molecule has 3 aromatic heterocycles. The Kier molecular flexibility index (Phi) is 4.06. The zero-order valence-electron chi connectivity index (χ0n) is 15.5. The van der Waals surface area contributed by atoms with Crippen LogP contribution in [-0.4, -0.2) is 48.5 Å². The van der Waals surface area contributed by atoms with Crippen LogP contribution in [0.5, 0.6) is 0 Å². The molecule has 4 aromatic rings. The number of pyridine rings is 1. The van der Waals surface area contributed by atoms with Gasteiger partial charge in [-0.05, 0) is 41.8 Å². The zero-order valence-corrected chi connectivity index (χ0v) is 15.5. The molecule has 142 valence electrons. The maximum absolute atomic E-state index is 13.0. The number of nitrogens with zero attached hydrogens (tertiary/aromatic N) is 7. The van der Waals surface area contributed by atoms with E-state index in [0.29, 0.717) is 18.7 Å². The first-order chi connectivity index (χ1) is 14.2. The second-order valence-electron chi connectivity index (χ2n) is 7.06. The van der Waals surface area contributed by atoms with Crippen LogP contribution in [0.1, 0.15) is 16.8 Å². The van der Waals surface area contributed by atoms with Crippen LogP contribution in [0.25, 0.3) is 22.3 Å². The van der Waals surface area contributed by atoms with Crippen molar-refractivity contribution >= 4 is 11.4 Å². The van der Waals surface area contributed by atoms with E-state index in [2.05, 4.69) is 21.5 Å². The summed E-state index contributed by atoms with van der Waals surface area (Å²) in [5, 5.41) is 21.2. The number of nitriles is 1. The first-order valence-electron chi connectivity index (χ1n) is 9.36. The van der Waals surface area contributed by atoms with E-state index in [1.807, 2.05) is 42.6 Å². The Bertz CT molecular complexity index is 1220. The molecule has 0 N–H and O–H groups in total. The predicted molar refractivity (Wildman–Crippen MR) is 105 cm³/mol. The molecule has 1 fully saturated rings. The van der Waals surface area contributed by atoms with E-state index in [0.717, 1.165) is 28.8 Å². The zero-order chi connectivity index (χ0) is 19.8. The summed E-state index contributed by atoms with van der Waals surface area (Å²) in [6, 6.07) is 14.2. The van der Waals surface area contributed by atoms with Crippen LogP contribution in [0, 0.1) is 17.2 Å². The van der Waals surface area contributed by atoms with Crippen LogP contribution in [0.15, 0.2) is 61.2 Å². The molecule has 5 rings (SSSR count). The number of hydrogen-bond donors (Lipinski definition) is 0. The molecule has 1 atom stereocenters. The molecule has 1 aliphatic heterocycles. The van der Waals surface area contributed by atoms with Gasteiger partial charge >= 0.3 is 0 Å². The van der Waals surface area contributed by atoms with Crippen molar-refractivity contribution in [2.45, 2.75) is 6.42 Å². The fourth-order valence-corrected chi connectivity index (χ4v) is 3.70. The van der Waals surface area contributed by atoms with Gasteiger partial charge < -0.3 is 4.90 Å². The Balaban J connectivity index is 1.47. The number of hydrogen-bond acceptors (Lipinski definition) is 5. The maximum atomic E-state index is 13.0. The third kappa shape index (κ3) is 3.02. The predicted octanol–water partition coefficient (Wildman–Crippen LogP) is 2.57. The lowest BCUT2D eigenvalue weighted by molar-refractivity contribution is 0.0792. The van der Waals surface area contributed by atoms with Crippen LogP contribution in [0.3, 0.4) is 0 Å². The summed E-state index contributed by atoms with van der Waals surface area (Å²) in [7, 11) is 0. The molecule has 4 heterocycles. The lowest BCUT2D eigenvalue weighted by Gasteiger charge is -2.14. The molecule has 0 bridgehead atoms. The topological polar surface area (TPSA) is 92.1 Å². The highest BCUT2D eigenvalue weighted by molar-refractivity contribution is 6.01. The summed E-state index contributed by atoms with van der Waals surface area (Å²) in [6.07, 6.45) is 7.62. The summed E-state index contributed by atoms with van der Waals surface area (Å²) in [5.74, 6) is -0.156. The summed E-state index contributed by atoms with van der Waals surface area (Å²) < 4.78 is 3.41. The molecule has 1 amide bonds. The molecule has 0 saturated carbocycles. The molecule has 0 aliphatic carbocycles. The number of likely N-dealkylation sites (tertiary alicyclic amines) is 1. The largest absolute Gasteiger partial charge is 0.337 e. The average Bonchev–Trinajstić information content (AvgIpc) is 3.53. The second-order valence-corrected chi connectivity index (χ2v) is 7.06. The Hall–Kier alpha value is -3.99. The average molecular weight is 383 g/mol. The summed E-state index contributed by atoms with van der Waals surface area (Å²) in [6.45, 7) is 1.09. The third-order valence-corrected chi connectivity index (χ3v) is 5.30. The number of amides is 1. The van der Waals surface area contributed by atoms with Gasteiger partial charge in [0.15, 0.2) is 0 Å². The summed E-state index contributed by atoms with van der Waals surface area (Å²) in [4.78, 5) is 14.7. The van der Waals surface area contributed by atoms with Crippen LogP contribution >= 0.6 is 0 Å². The molecular formula is C21H17N7O. The van der Waals surface area contributed by atoms with Gasteiger partial charge in [-0.25, -0.2) is 9.20 Å². The normalized spacial score (nSPS) is 16.2. The van der Waals surface area contributed by atoms with Gasteiger partial charge in [0, 0.05) is 19.3 Å². The highest BCUT2D eigenvalue weighted by atomic mass is 16.2. The van der Waals surface area contributed by atoms with E-state index in [-0.39, 0.29) is 11.8 Å². The van der Waals surface area contributed by atoms with Gasteiger partial charge in [-0.1, -0.05) is 17.3 Å². The minimum atomic E-state index is -0.0835. The number of fused-ring (bicyclic) bond motifs is 1. The molecule has 1 unspecified atom stereocenters. The quantitative estimate of drug-likeness (QED) is 0.542. The number of aromatic nitrogens is 5. The lowest BCUT2D eigenvalue weighted by atomic mass is 10.1. The van der Waals surface area contributed by atoms with Gasteiger partial charge in [-0.3, -0.25) is 4.79 Å². The molecule has 1 aromatic carbocycles. The molecule has 8 nitrogen and oxygen atoms in total.